The lowest BCUT2D eigenvalue weighted by Crippen LogP contribution is -1.84. The molecule has 0 N–H and O–H groups in total. The maximum atomic E-state index is 6.55. The van der Waals surface area contributed by atoms with E-state index in [1.807, 2.05) is 42.5 Å². The summed E-state index contributed by atoms with van der Waals surface area (Å²) in [5.41, 5.74) is 8.67. The van der Waals surface area contributed by atoms with E-state index >= 15 is 0 Å². The molecule has 6 aromatic rings. The van der Waals surface area contributed by atoms with Crippen LogP contribution in [0.25, 0.3) is 55.3 Å². The van der Waals surface area contributed by atoms with Gasteiger partial charge in [0.1, 0.15) is 11.2 Å². The predicted molar refractivity (Wildman–Crippen MR) is 135 cm³/mol. The molecule has 0 saturated heterocycles. The van der Waals surface area contributed by atoms with Crippen molar-refractivity contribution in [2.75, 3.05) is 0 Å². The Balaban J connectivity index is 1.42. The fraction of sp³-hybridized carbons (Fsp3) is 0. The third kappa shape index (κ3) is 3.37. The first-order valence-corrected chi connectivity index (χ1v) is 11.0. The van der Waals surface area contributed by atoms with Crippen LogP contribution in [0.5, 0.6) is 0 Å². The standard InChI is InChI=1S/C30H19ClO/c31-26-17-24(22-12-10-21(11-13-22)20-6-2-1-3-7-20)16-25(18-26)23-14-15-30-28(19-23)27-8-4-5-9-29(27)32-30/h1-19H. The van der Waals surface area contributed by atoms with Crippen LogP contribution in [-0.4, -0.2) is 0 Å². The molecule has 0 unspecified atom stereocenters. The Morgan fingerprint density at radius 1 is 0.406 bits per heavy atom. The lowest BCUT2D eigenvalue weighted by atomic mass is 9.96. The van der Waals surface area contributed by atoms with Gasteiger partial charge in [-0.2, -0.15) is 0 Å². The second-order valence-corrected chi connectivity index (χ2v) is 8.42. The average molecular weight is 431 g/mol. The van der Waals surface area contributed by atoms with Crippen molar-refractivity contribution in [3.05, 3.63) is 120 Å². The minimum atomic E-state index is 0.724. The highest BCUT2D eigenvalue weighted by Crippen LogP contribution is 2.35. The van der Waals surface area contributed by atoms with Gasteiger partial charge in [0.15, 0.2) is 0 Å². The van der Waals surface area contributed by atoms with Crippen molar-refractivity contribution in [1.82, 2.24) is 0 Å². The molecule has 1 nitrogen and oxygen atoms in total. The van der Waals surface area contributed by atoms with E-state index in [0.717, 1.165) is 49.2 Å². The maximum absolute atomic E-state index is 6.55. The quantitative estimate of drug-likeness (QED) is 0.272. The van der Waals surface area contributed by atoms with E-state index in [1.54, 1.807) is 0 Å². The van der Waals surface area contributed by atoms with Gasteiger partial charge in [0.05, 0.1) is 0 Å². The summed E-state index contributed by atoms with van der Waals surface area (Å²) in [6, 6.07) is 39.8. The van der Waals surface area contributed by atoms with E-state index in [1.165, 1.54) is 11.1 Å². The molecule has 0 radical (unpaired) electrons. The van der Waals surface area contributed by atoms with Crippen molar-refractivity contribution in [2.24, 2.45) is 0 Å². The molecule has 0 aliphatic rings. The molecule has 5 aromatic carbocycles. The minimum Gasteiger partial charge on any atom is -0.456 e. The number of para-hydroxylation sites is 1. The first kappa shape index (κ1) is 18.9. The second-order valence-electron chi connectivity index (χ2n) is 7.98. The van der Waals surface area contributed by atoms with Crippen LogP contribution < -0.4 is 0 Å². The summed E-state index contributed by atoms with van der Waals surface area (Å²) < 4.78 is 5.98. The number of benzene rings is 5. The number of hydrogen-bond acceptors (Lipinski definition) is 1. The smallest absolute Gasteiger partial charge is 0.135 e. The summed E-state index contributed by atoms with van der Waals surface area (Å²) in [4.78, 5) is 0. The summed E-state index contributed by atoms with van der Waals surface area (Å²) >= 11 is 6.55. The predicted octanol–water partition coefficient (Wildman–Crippen LogP) is 9.24. The average Bonchev–Trinajstić information content (AvgIpc) is 3.22. The number of hydrogen-bond donors (Lipinski definition) is 0. The van der Waals surface area contributed by atoms with Gasteiger partial charge < -0.3 is 4.42 Å². The number of rotatable bonds is 3. The molecule has 152 valence electrons. The first-order chi connectivity index (χ1) is 15.7. The van der Waals surface area contributed by atoms with Crippen molar-refractivity contribution in [1.29, 1.82) is 0 Å². The summed E-state index contributed by atoms with van der Waals surface area (Å²) in [7, 11) is 0. The van der Waals surface area contributed by atoms with Crippen molar-refractivity contribution >= 4 is 33.5 Å². The van der Waals surface area contributed by atoms with Crippen molar-refractivity contribution in [2.45, 2.75) is 0 Å². The topological polar surface area (TPSA) is 13.1 Å². The summed E-state index contributed by atoms with van der Waals surface area (Å²) in [5.74, 6) is 0. The Kier molecular flexibility index (Phi) is 4.56. The highest BCUT2D eigenvalue weighted by Gasteiger charge is 2.10. The highest BCUT2D eigenvalue weighted by molar-refractivity contribution is 6.31. The lowest BCUT2D eigenvalue weighted by Gasteiger charge is -2.09. The largest absolute Gasteiger partial charge is 0.456 e. The molecule has 2 heteroatoms. The van der Waals surface area contributed by atoms with Crippen LogP contribution in [0, 0.1) is 0 Å². The summed E-state index contributed by atoms with van der Waals surface area (Å²) in [6.45, 7) is 0. The molecule has 1 heterocycles. The second kappa shape index (κ2) is 7.71. The fourth-order valence-electron chi connectivity index (χ4n) is 4.31. The van der Waals surface area contributed by atoms with Crippen LogP contribution in [0.1, 0.15) is 0 Å². The molecule has 1 aromatic heterocycles. The Bertz CT molecular complexity index is 1560. The van der Waals surface area contributed by atoms with Crippen LogP contribution in [0.3, 0.4) is 0 Å². The summed E-state index contributed by atoms with van der Waals surface area (Å²) in [6.07, 6.45) is 0. The van der Waals surface area contributed by atoms with E-state index in [0.29, 0.717) is 0 Å². The van der Waals surface area contributed by atoms with Gasteiger partial charge in [-0.25, -0.2) is 0 Å². The first-order valence-electron chi connectivity index (χ1n) is 10.6. The fourth-order valence-corrected chi connectivity index (χ4v) is 4.55. The van der Waals surface area contributed by atoms with Crippen LogP contribution in [0.15, 0.2) is 120 Å². The van der Waals surface area contributed by atoms with Crippen LogP contribution >= 0.6 is 11.6 Å². The van der Waals surface area contributed by atoms with Gasteiger partial charge in [-0.15, -0.1) is 0 Å². The third-order valence-corrected chi connectivity index (χ3v) is 6.15. The Hall–Kier alpha value is -3.81. The van der Waals surface area contributed by atoms with Gasteiger partial charge in [-0.1, -0.05) is 90.5 Å². The van der Waals surface area contributed by atoms with Gasteiger partial charge >= 0.3 is 0 Å². The monoisotopic (exact) mass is 430 g/mol. The molecule has 0 aliphatic heterocycles. The van der Waals surface area contributed by atoms with E-state index in [9.17, 15) is 0 Å². The molecule has 32 heavy (non-hydrogen) atoms. The summed E-state index contributed by atoms with van der Waals surface area (Å²) in [5, 5.41) is 2.97. The molecule has 0 bridgehead atoms. The number of halogens is 1. The van der Waals surface area contributed by atoms with Crippen molar-refractivity contribution in [3.63, 3.8) is 0 Å². The van der Waals surface area contributed by atoms with E-state index in [2.05, 4.69) is 72.8 Å². The Morgan fingerprint density at radius 2 is 0.969 bits per heavy atom. The molecular weight excluding hydrogens is 412 g/mol. The zero-order chi connectivity index (χ0) is 21.5. The normalized spacial score (nSPS) is 11.3. The molecular formula is C30H19ClO. The molecule has 6 rings (SSSR count). The van der Waals surface area contributed by atoms with Gasteiger partial charge in [0.25, 0.3) is 0 Å². The zero-order valence-corrected chi connectivity index (χ0v) is 18.0. The van der Waals surface area contributed by atoms with Crippen LogP contribution in [0.4, 0.5) is 0 Å². The van der Waals surface area contributed by atoms with Crippen LogP contribution in [0.2, 0.25) is 5.02 Å². The zero-order valence-electron chi connectivity index (χ0n) is 17.3. The molecule has 0 spiro atoms. The molecule has 0 aliphatic carbocycles. The maximum Gasteiger partial charge on any atom is 0.135 e. The Labute approximate surface area is 191 Å². The van der Waals surface area contributed by atoms with Gasteiger partial charge in [-0.05, 0) is 69.8 Å². The number of furan rings is 1. The highest BCUT2D eigenvalue weighted by atomic mass is 35.5. The molecule has 0 atom stereocenters. The number of fused-ring (bicyclic) bond motifs is 3. The van der Waals surface area contributed by atoms with Gasteiger partial charge in [0, 0.05) is 15.8 Å². The van der Waals surface area contributed by atoms with E-state index in [-0.39, 0.29) is 0 Å². The van der Waals surface area contributed by atoms with Crippen LogP contribution in [-0.2, 0) is 0 Å². The van der Waals surface area contributed by atoms with Gasteiger partial charge in [-0.3, -0.25) is 0 Å². The van der Waals surface area contributed by atoms with Crippen molar-refractivity contribution < 1.29 is 4.42 Å². The van der Waals surface area contributed by atoms with E-state index < -0.39 is 0 Å². The molecule has 0 saturated carbocycles. The SMILES string of the molecule is Clc1cc(-c2ccc(-c3ccccc3)cc2)cc(-c2ccc3oc4ccccc4c3c2)c1. The van der Waals surface area contributed by atoms with E-state index in [4.69, 9.17) is 16.0 Å². The van der Waals surface area contributed by atoms with Gasteiger partial charge in [0.2, 0.25) is 0 Å². The van der Waals surface area contributed by atoms with Crippen molar-refractivity contribution in [3.8, 4) is 33.4 Å². The molecule has 0 fully saturated rings. The third-order valence-electron chi connectivity index (χ3n) is 5.93. The molecule has 0 amide bonds. The lowest BCUT2D eigenvalue weighted by molar-refractivity contribution is 0.669. The Morgan fingerprint density at radius 3 is 1.75 bits per heavy atom. The minimum absolute atomic E-state index is 0.724.